The Morgan fingerprint density at radius 2 is 2.24 bits per heavy atom. The highest BCUT2D eigenvalue weighted by Crippen LogP contribution is 2.24. The highest BCUT2D eigenvalue weighted by molar-refractivity contribution is 9.10. The molecule has 0 aromatic heterocycles. The molecule has 1 N–H and O–H groups in total. The Kier molecular flexibility index (Phi) is 5.48. The van der Waals surface area contributed by atoms with Gasteiger partial charge < -0.3 is 9.84 Å². The molecule has 3 nitrogen and oxygen atoms in total. The van der Waals surface area contributed by atoms with E-state index >= 15 is 0 Å². The number of carbonyl (C=O) groups is 1. The highest BCUT2D eigenvalue weighted by atomic mass is 79.9. The second kappa shape index (κ2) is 6.64. The number of rotatable bonds is 6. The average molecular weight is 301 g/mol. The van der Waals surface area contributed by atoms with E-state index in [1.165, 1.54) is 0 Å². The van der Waals surface area contributed by atoms with Gasteiger partial charge in [-0.15, -0.1) is 0 Å². The smallest absolute Gasteiger partial charge is 0.344 e. The monoisotopic (exact) mass is 300 g/mol. The molecule has 0 aliphatic rings. The van der Waals surface area contributed by atoms with E-state index in [0.717, 1.165) is 22.9 Å². The van der Waals surface area contributed by atoms with Crippen molar-refractivity contribution in [3.8, 4) is 5.75 Å². The van der Waals surface area contributed by atoms with Crippen molar-refractivity contribution in [3.63, 3.8) is 0 Å². The Morgan fingerprint density at radius 1 is 1.53 bits per heavy atom. The molecule has 1 atom stereocenters. The zero-order valence-electron chi connectivity index (χ0n) is 10.1. The third-order valence-electron chi connectivity index (χ3n) is 2.51. The normalized spacial score (nSPS) is 12.2. The van der Waals surface area contributed by atoms with Crippen LogP contribution in [0.1, 0.15) is 31.7 Å². The summed E-state index contributed by atoms with van der Waals surface area (Å²) in [6.45, 7) is 3.93. The van der Waals surface area contributed by atoms with Crippen LogP contribution in [0, 0.1) is 6.92 Å². The fraction of sp³-hybridized carbons (Fsp3) is 0.462. The number of benzene rings is 1. The van der Waals surface area contributed by atoms with Crippen molar-refractivity contribution in [3.05, 3.63) is 28.2 Å². The maximum atomic E-state index is 11.1. The molecule has 4 heteroatoms. The summed E-state index contributed by atoms with van der Waals surface area (Å²) < 4.78 is 6.45. The molecule has 0 aliphatic carbocycles. The van der Waals surface area contributed by atoms with E-state index in [0.29, 0.717) is 12.2 Å². The van der Waals surface area contributed by atoms with E-state index in [1.807, 2.05) is 26.0 Å². The zero-order valence-corrected chi connectivity index (χ0v) is 11.7. The van der Waals surface area contributed by atoms with Crippen molar-refractivity contribution in [1.82, 2.24) is 0 Å². The summed E-state index contributed by atoms with van der Waals surface area (Å²) in [7, 11) is 0. The molecule has 0 saturated carbocycles. The number of halogens is 1. The predicted octanol–water partition coefficient (Wildman–Crippen LogP) is 3.78. The first kappa shape index (κ1) is 14.0. The summed E-state index contributed by atoms with van der Waals surface area (Å²) in [5.74, 6) is -0.277. The summed E-state index contributed by atoms with van der Waals surface area (Å²) in [5, 5.41) is 9.08. The van der Waals surface area contributed by atoms with Gasteiger partial charge in [-0.05, 0) is 37.5 Å². The van der Waals surface area contributed by atoms with Crippen LogP contribution in [0.4, 0.5) is 0 Å². The lowest BCUT2D eigenvalue weighted by atomic mass is 10.1. The third kappa shape index (κ3) is 4.38. The maximum Gasteiger partial charge on any atom is 0.344 e. The summed E-state index contributed by atoms with van der Waals surface area (Å²) in [4.78, 5) is 11.1. The number of aliphatic carboxylic acids is 1. The fourth-order valence-electron chi connectivity index (χ4n) is 1.48. The summed E-state index contributed by atoms with van der Waals surface area (Å²) in [6, 6.07) is 5.61. The number of aryl methyl sites for hydroxylation is 1. The first-order chi connectivity index (χ1) is 8.04. The molecule has 0 bridgehead atoms. The Hall–Kier alpha value is -1.03. The second-order valence-electron chi connectivity index (χ2n) is 4.00. The maximum absolute atomic E-state index is 11.1. The van der Waals surface area contributed by atoms with Gasteiger partial charge in [0.15, 0.2) is 6.10 Å². The van der Waals surface area contributed by atoms with Gasteiger partial charge in [0.1, 0.15) is 5.75 Å². The number of hydrogen-bond acceptors (Lipinski definition) is 2. The molecular formula is C13H17BrO3. The molecule has 0 fully saturated rings. The number of carboxylic acids is 1. The molecule has 17 heavy (non-hydrogen) atoms. The third-order valence-corrected chi connectivity index (χ3v) is 3.01. The van der Waals surface area contributed by atoms with E-state index in [-0.39, 0.29) is 0 Å². The SMILES string of the molecule is CCCCC(Oc1cc(Br)ccc1C)C(=O)O. The van der Waals surface area contributed by atoms with Crippen LogP contribution in [0.25, 0.3) is 0 Å². The van der Waals surface area contributed by atoms with Crippen LogP contribution in [-0.4, -0.2) is 17.2 Å². The van der Waals surface area contributed by atoms with Gasteiger partial charge >= 0.3 is 5.97 Å². The molecule has 0 amide bonds. The summed E-state index contributed by atoms with van der Waals surface area (Å²) >= 11 is 3.35. The van der Waals surface area contributed by atoms with E-state index in [2.05, 4.69) is 15.9 Å². The van der Waals surface area contributed by atoms with Crippen molar-refractivity contribution in [2.45, 2.75) is 39.2 Å². The molecule has 0 saturated heterocycles. The van der Waals surface area contributed by atoms with Crippen molar-refractivity contribution in [1.29, 1.82) is 0 Å². The second-order valence-corrected chi connectivity index (χ2v) is 4.91. The summed E-state index contributed by atoms with van der Waals surface area (Å²) in [5.41, 5.74) is 0.941. The van der Waals surface area contributed by atoms with Gasteiger partial charge in [-0.1, -0.05) is 35.3 Å². The number of carboxylic acid groups (broad SMARTS) is 1. The Morgan fingerprint density at radius 3 is 2.82 bits per heavy atom. The van der Waals surface area contributed by atoms with Gasteiger partial charge in [-0.3, -0.25) is 0 Å². The van der Waals surface area contributed by atoms with Crippen molar-refractivity contribution in [2.75, 3.05) is 0 Å². The minimum absolute atomic E-state index is 0.539. The molecule has 0 aliphatic heterocycles. The highest BCUT2D eigenvalue weighted by Gasteiger charge is 2.19. The lowest BCUT2D eigenvalue weighted by molar-refractivity contribution is -0.145. The molecule has 94 valence electrons. The molecule has 1 aromatic carbocycles. The molecule has 0 spiro atoms. The standard InChI is InChI=1S/C13H17BrO3/c1-3-4-5-11(13(15)16)17-12-8-10(14)7-6-9(12)2/h6-8,11H,3-5H2,1-2H3,(H,15,16). The van der Waals surface area contributed by atoms with Gasteiger partial charge in [0.05, 0.1) is 0 Å². The van der Waals surface area contributed by atoms with Crippen LogP contribution in [0.5, 0.6) is 5.75 Å². The largest absolute Gasteiger partial charge is 0.479 e. The van der Waals surface area contributed by atoms with Crippen molar-refractivity contribution >= 4 is 21.9 Å². The van der Waals surface area contributed by atoms with E-state index < -0.39 is 12.1 Å². The Bertz CT molecular complexity index is 390. The molecule has 0 radical (unpaired) electrons. The van der Waals surface area contributed by atoms with Crippen LogP contribution in [0.15, 0.2) is 22.7 Å². The average Bonchev–Trinajstić information content (AvgIpc) is 2.28. The molecule has 1 unspecified atom stereocenters. The van der Waals surface area contributed by atoms with Gasteiger partial charge in [0.25, 0.3) is 0 Å². The zero-order chi connectivity index (χ0) is 12.8. The molecule has 0 heterocycles. The van der Waals surface area contributed by atoms with E-state index in [1.54, 1.807) is 6.07 Å². The molecule has 1 rings (SSSR count). The number of unbranched alkanes of at least 4 members (excludes halogenated alkanes) is 1. The van der Waals surface area contributed by atoms with E-state index in [9.17, 15) is 4.79 Å². The van der Waals surface area contributed by atoms with Crippen LogP contribution in [-0.2, 0) is 4.79 Å². The molecular weight excluding hydrogens is 284 g/mol. The van der Waals surface area contributed by atoms with Gasteiger partial charge in [0.2, 0.25) is 0 Å². The minimum Gasteiger partial charge on any atom is -0.479 e. The van der Waals surface area contributed by atoms with Gasteiger partial charge in [-0.25, -0.2) is 4.79 Å². The van der Waals surface area contributed by atoms with Crippen LogP contribution in [0.2, 0.25) is 0 Å². The van der Waals surface area contributed by atoms with Gasteiger partial charge in [0, 0.05) is 4.47 Å². The van der Waals surface area contributed by atoms with Crippen LogP contribution < -0.4 is 4.74 Å². The molecule has 1 aromatic rings. The van der Waals surface area contributed by atoms with Crippen LogP contribution >= 0.6 is 15.9 Å². The van der Waals surface area contributed by atoms with Gasteiger partial charge in [-0.2, -0.15) is 0 Å². The van der Waals surface area contributed by atoms with E-state index in [4.69, 9.17) is 9.84 Å². The van der Waals surface area contributed by atoms with Crippen molar-refractivity contribution in [2.24, 2.45) is 0 Å². The Balaban J connectivity index is 2.78. The quantitative estimate of drug-likeness (QED) is 0.869. The first-order valence-electron chi connectivity index (χ1n) is 5.70. The topological polar surface area (TPSA) is 46.5 Å². The summed E-state index contributed by atoms with van der Waals surface area (Å²) in [6.07, 6.45) is 1.59. The predicted molar refractivity (Wildman–Crippen MR) is 70.5 cm³/mol. The lowest BCUT2D eigenvalue weighted by Crippen LogP contribution is -2.27. The minimum atomic E-state index is -0.905. The first-order valence-corrected chi connectivity index (χ1v) is 6.49. The van der Waals surface area contributed by atoms with Crippen molar-refractivity contribution < 1.29 is 14.6 Å². The number of ether oxygens (including phenoxy) is 1. The van der Waals surface area contributed by atoms with Crippen LogP contribution in [0.3, 0.4) is 0 Å². The fourth-order valence-corrected chi connectivity index (χ4v) is 1.82. The number of hydrogen-bond donors (Lipinski definition) is 1. The Labute approximate surface area is 110 Å². The lowest BCUT2D eigenvalue weighted by Gasteiger charge is -2.16.